The van der Waals surface area contributed by atoms with Gasteiger partial charge in [0.05, 0.1) is 18.5 Å². The molecule has 0 bridgehead atoms. The Morgan fingerprint density at radius 1 is 1.00 bits per heavy atom. The number of benzene rings is 1. The molecule has 0 radical (unpaired) electrons. The highest BCUT2D eigenvalue weighted by Gasteiger charge is 2.33. The quantitative estimate of drug-likeness (QED) is 0.567. The average molecular weight is 565 g/mol. The smallest absolute Gasteiger partial charge is 0.255 e. The Hall–Kier alpha value is -4.15. The molecule has 2 aliphatic heterocycles. The number of fused-ring (bicyclic) bond motifs is 1. The van der Waals surface area contributed by atoms with Crippen LogP contribution in [0.4, 0.5) is 5.82 Å². The number of piperazine rings is 1. The van der Waals surface area contributed by atoms with Gasteiger partial charge in [-0.15, -0.1) is 0 Å². The van der Waals surface area contributed by atoms with Gasteiger partial charge in [0.15, 0.2) is 0 Å². The molecule has 2 aromatic rings. The summed E-state index contributed by atoms with van der Waals surface area (Å²) in [5.41, 5.74) is 0.259. The third-order valence-electron chi connectivity index (χ3n) is 7.34. The summed E-state index contributed by atoms with van der Waals surface area (Å²) in [5.74, 6) is -0.168. The number of hydrogen-bond donors (Lipinski definition) is 2. The molecule has 220 valence electrons. The third kappa shape index (κ3) is 7.74. The van der Waals surface area contributed by atoms with Crippen molar-refractivity contribution in [1.29, 1.82) is 0 Å². The van der Waals surface area contributed by atoms with Gasteiger partial charge in [0.1, 0.15) is 30.3 Å². The van der Waals surface area contributed by atoms with E-state index >= 15 is 0 Å². The van der Waals surface area contributed by atoms with Crippen molar-refractivity contribution in [2.75, 3.05) is 50.8 Å². The fraction of sp³-hybridized carbons (Fsp3) is 0.500. The second-order valence-corrected chi connectivity index (χ2v) is 10.7. The van der Waals surface area contributed by atoms with Gasteiger partial charge < -0.3 is 30.1 Å². The van der Waals surface area contributed by atoms with E-state index in [1.165, 1.54) is 0 Å². The molecular formula is C30H40N6O5. The minimum absolute atomic E-state index is 0.150. The molecule has 1 fully saturated rings. The average Bonchev–Trinajstić information content (AvgIpc) is 2.98. The van der Waals surface area contributed by atoms with Crippen LogP contribution in [0, 0.1) is 5.92 Å². The molecule has 2 N–H and O–H groups in total. The van der Waals surface area contributed by atoms with Gasteiger partial charge in [-0.1, -0.05) is 32.0 Å². The van der Waals surface area contributed by atoms with E-state index in [4.69, 9.17) is 4.74 Å². The first-order chi connectivity index (χ1) is 19.8. The van der Waals surface area contributed by atoms with Crippen molar-refractivity contribution in [2.45, 2.75) is 45.7 Å². The molecule has 4 rings (SSSR count). The molecule has 0 unspecified atom stereocenters. The Morgan fingerprint density at radius 3 is 2.41 bits per heavy atom. The van der Waals surface area contributed by atoms with Crippen LogP contribution in [0.1, 0.15) is 44.0 Å². The van der Waals surface area contributed by atoms with Crippen LogP contribution >= 0.6 is 0 Å². The molecule has 2 atom stereocenters. The summed E-state index contributed by atoms with van der Waals surface area (Å²) in [7, 11) is 0. The molecule has 0 aliphatic carbocycles. The van der Waals surface area contributed by atoms with Crippen LogP contribution in [0.2, 0.25) is 0 Å². The second-order valence-electron chi connectivity index (χ2n) is 10.7. The maximum atomic E-state index is 13.8. The van der Waals surface area contributed by atoms with Crippen LogP contribution in [0.15, 0.2) is 48.7 Å². The number of aromatic nitrogens is 1. The summed E-state index contributed by atoms with van der Waals surface area (Å²) >= 11 is 0. The van der Waals surface area contributed by atoms with Gasteiger partial charge in [0, 0.05) is 38.9 Å². The number of nitrogens with one attached hydrogen (secondary N) is 2. The van der Waals surface area contributed by atoms with Gasteiger partial charge in [-0.3, -0.25) is 19.2 Å². The Kier molecular flexibility index (Phi) is 10.2. The third-order valence-corrected chi connectivity index (χ3v) is 7.34. The van der Waals surface area contributed by atoms with E-state index in [1.807, 2.05) is 39.0 Å². The van der Waals surface area contributed by atoms with Gasteiger partial charge >= 0.3 is 0 Å². The molecule has 0 saturated carbocycles. The first-order valence-electron chi connectivity index (χ1n) is 14.3. The van der Waals surface area contributed by atoms with Gasteiger partial charge in [-0.05, 0) is 43.5 Å². The van der Waals surface area contributed by atoms with E-state index in [9.17, 15) is 19.2 Å². The number of ether oxygens (including phenoxy) is 1. The second kappa shape index (κ2) is 14.0. The Bertz CT molecular complexity index is 1210. The Morgan fingerprint density at radius 2 is 1.73 bits per heavy atom. The maximum Gasteiger partial charge on any atom is 0.255 e. The molecule has 0 spiro atoms. The lowest BCUT2D eigenvalue weighted by Crippen LogP contribution is -2.57. The lowest BCUT2D eigenvalue weighted by Gasteiger charge is -2.37. The molecule has 4 amide bonds. The number of para-hydroxylation sites is 1. The van der Waals surface area contributed by atoms with Crippen molar-refractivity contribution >= 4 is 29.4 Å². The fourth-order valence-corrected chi connectivity index (χ4v) is 5.18. The van der Waals surface area contributed by atoms with Crippen LogP contribution in [0.3, 0.4) is 0 Å². The highest BCUT2D eigenvalue weighted by Crippen LogP contribution is 2.20. The fourth-order valence-electron chi connectivity index (χ4n) is 5.18. The molecule has 3 heterocycles. The highest BCUT2D eigenvalue weighted by atomic mass is 16.5. The monoisotopic (exact) mass is 564 g/mol. The molecule has 2 aliphatic rings. The zero-order valence-electron chi connectivity index (χ0n) is 24.0. The Labute approximate surface area is 241 Å². The largest absolute Gasteiger partial charge is 0.491 e. The zero-order chi connectivity index (χ0) is 29.4. The van der Waals surface area contributed by atoms with E-state index in [-0.39, 0.29) is 36.3 Å². The molecule has 11 nitrogen and oxygen atoms in total. The molecule has 41 heavy (non-hydrogen) atoms. The number of pyridine rings is 1. The predicted octanol–water partition coefficient (Wildman–Crippen LogP) is 1.69. The van der Waals surface area contributed by atoms with Gasteiger partial charge in [0.2, 0.25) is 17.7 Å². The van der Waals surface area contributed by atoms with Crippen molar-refractivity contribution in [2.24, 2.45) is 5.92 Å². The number of hydrogen-bond acceptors (Lipinski definition) is 7. The van der Waals surface area contributed by atoms with Crippen molar-refractivity contribution in [1.82, 2.24) is 25.4 Å². The molecule has 1 aromatic heterocycles. The van der Waals surface area contributed by atoms with E-state index in [0.29, 0.717) is 51.4 Å². The van der Waals surface area contributed by atoms with Crippen molar-refractivity contribution in [3.8, 4) is 5.75 Å². The first kappa shape index (κ1) is 29.8. The number of likely N-dealkylation sites (N-methyl/N-ethyl adjacent to an activating group) is 1. The number of anilines is 1. The number of carbonyl (C=O) groups is 4. The summed E-state index contributed by atoms with van der Waals surface area (Å²) in [6, 6.07) is 10.6. The van der Waals surface area contributed by atoms with Gasteiger partial charge in [-0.25, -0.2) is 4.98 Å². The van der Waals surface area contributed by atoms with Crippen LogP contribution in [0.25, 0.3) is 0 Å². The topological polar surface area (TPSA) is 124 Å². The summed E-state index contributed by atoms with van der Waals surface area (Å²) in [6.45, 7) is 8.76. The predicted molar refractivity (Wildman–Crippen MR) is 154 cm³/mol. The van der Waals surface area contributed by atoms with Gasteiger partial charge in [0.25, 0.3) is 5.91 Å². The van der Waals surface area contributed by atoms with Crippen LogP contribution in [-0.2, 0) is 14.4 Å². The van der Waals surface area contributed by atoms with Crippen LogP contribution < -0.4 is 20.3 Å². The van der Waals surface area contributed by atoms with E-state index < -0.39 is 23.9 Å². The molecule has 1 saturated heterocycles. The summed E-state index contributed by atoms with van der Waals surface area (Å²) in [4.78, 5) is 63.7. The Balaban J connectivity index is 1.57. The lowest BCUT2D eigenvalue weighted by molar-refractivity contribution is -0.138. The van der Waals surface area contributed by atoms with Crippen molar-refractivity contribution in [3.05, 3.63) is 54.2 Å². The standard InChI is InChI=1S/C30H40N6O5/c1-4-34-17-18-41-25-10-6-5-9-22(25)28(38)33-24(20-27(37)32-23(29(34)39)19-21(2)3)30(40)36-15-13-35(14-16-36)26-11-7-8-12-31-26/h5-12,21,23-24H,4,13-20H2,1-3H3,(H,32,37)(H,33,38)/t23-,24+/m1/s1. The summed E-state index contributed by atoms with van der Waals surface area (Å²) in [6.07, 6.45) is 1.89. The van der Waals surface area contributed by atoms with E-state index in [1.54, 1.807) is 40.3 Å². The SMILES string of the molecule is CCN1CCOc2ccccc2C(=O)N[C@H](C(=O)N2CCN(c3ccccn3)CC2)CC(=O)N[C@H](CC(C)C)C1=O. The highest BCUT2D eigenvalue weighted by molar-refractivity contribution is 6.01. The zero-order valence-corrected chi connectivity index (χ0v) is 24.0. The normalized spacial score (nSPS) is 21.0. The number of nitrogens with zero attached hydrogens (tertiary/aromatic N) is 4. The maximum absolute atomic E-state index is 13.8. The summed E-state index contributed by atoms with van der Waals surface area (Å²) < 4.78 is 5.94. The first-order valence-corrected chi connectivity index (χ1v) is 14.3. The number of amides is 4. The lowest BCUT2D eigenvalue weighted by atomic mass is 10.0. The van der Waals surface area contributed by atoms with Crippen molar-refractivity contribution in [3.63, 3.8) is 0 Å². The van der Waals surface area contributed by atoms with E-state index in [0.717, 1.165) is 5.82 Å². The minimum Gasteiger partial charge on any atom is -0.491 e. The molecular weight excluding hydrogens is 524 g/mol. The van der Waals surface area contributed by atoms with Crippen LogP contribution in [-0.4, -0.2) is 96.4 Å². The minimum atomic E-state index is -1.11. The number of rotatable bonds is 5. The van der Waals surface area contributed by atoms with E-state index in [2.05, 4.69) is 20.5 Å². The van der Waals surface area contributed by atoms with Crippen molar-refractivity contribution < 1.29 is 23.9 Å². The van der Waals surface area contributed by atoms with Gasteiger partial charge in [-0.2, -0.15) is 0 Å². The molecule has 1 aromatic carbocycles. The summed E-state index contributed by atoms with van der Waals surface area (Å²) in [5, 5.41) is 5.65. The molecule has 11 heteroatoms. The van der Waals surface area contributed by atoms with Crippen LogP contribution in [0.5, 0.6) is 5.75 Å². The number of carbonyl (C=O) groups excluding carboxylic acids is 4.